The van der Waals surface area contributed by atoms with Crippen molar-refractivity contribution in [1.82, 2.24) is 0 Å². The van der Waals surface area contributed by atoms with E-state index in [4.69, 9.17) is 5.73 Å². The molecular formula is C15H20N2S. The van der Waals surface area contributed by atoms with Crippen molar-refractivity contribution in [3.63, 3.8) is 0 Å². The van der Waals surface area contributed by atoms with Gasteiger partial charge >= 0.3 is 0 Å². The third-order valence-corrected chi connectivity index (χ3v) is 3.67. The summed E-state index contributed by atoms with van der Waals surface area (Å²) in [6.07, 6.45) is 1.35. The number of nitrogens with zero attached hydrogens (tertiary/aromatic N) is 1. The van der Waals surface area contributed by atoms with E-state index in [0.29, 0.717) is 0 Å². The van der Waals surface area contributed by atoms with E-state index in [2.05, 4.69) is 49.7 Å². The molecule has 0 radical (unpaired) electrons. The highest BCUT2D eigenvalue weighted by Crippen LogP contribution is 2.32. The smallest absolute Gasteiger partial charge is 0.0805 e. The molecule has 0 spiro atoms. The number of allylic oxidation sites excluding steroid dienone is 1. The van der Waals surface area contributed by atoms with E-state index >= 15 is 0 Å². The molecule has 0 aliphatic rings. The molecule has 0 saturated carbocycles. The molecule has 0 aliphatic carbocycles. The molecule has 2 N–H and O–H groups in total. The molecule has 1 aromatic carbocycles. The van der Waals surface area contributed by atoms with E-state index in [1.54, 1.807) is 11.8 Å². The molecule has 0 saturated heterocycles. The molecule has 2 nitrogen and oxygen atoms in total. The third-order valence-electron chi connectivity index (χ3n) is 2.62. The standard InChI is InChI=1S/C15H20N2S/c1-5-18-15(11(2)3)14-8-6-13(7-9-14)12(4)17-10-16/h5-10,12H,1H2,2-4H3,(H2,16,17). The van der Waals surface area contributed by atoms with E-state index in [1.165, 1.54) is 22.4 Å². The van der Waals surface area contributed by atoms with Crippen molar-refractivity contribution in [3.05, 3.63) is 53.0 Å². The molecule has 0 amide bonds. The lowest BCUT2D eigenvalue weighted by Gasteiger charge is -2.10. The van der Waals surface area contributed by atoms with Gasteiger partial charge in [-0.25, -0.2) is 0 Å². The lowest BCUT2D eigenvalue weighted by molar-refractivity contribution is 0.823. The zero-order valence-electron chi connectivity index (χ0n) is 11.2. The molecular weight excluding hydrogens is 240 g/mol. The van der Waals surface area contributed by atoms with Gasteiger partial charge in [0.1, 0.15) is 0 Å². The molecule has 0 aliphatic heterocycles. The number of aliphatic imine (C=N–C) groups is 1. The van der Waals surface area contributed by atoms with Gasteiger partial charge in [0.25, 0.3) is 0 Å². The van der Waals surface area contributed by atoms with E-state index in [9.17, 15) is 0 Å². The molecule has 0 bridgehead atoms. The average molecular weight is 260 g/mol. The van der Waals surface area contributed by atoms with Crippen molar-refractivity contribution in [3.8, 4) is 0 Å². The van der Waals surface area contributed by atoms with Gasteiger partial charge in [0.15, 0.2) is 0 Å². The van der Waals surface area contributed by atoms with Crippen molar-refractivity contribution >= 4 is 23.0 Å². The second-order valence-corrected chi connectivity index (χ2v) is 5.19. The Bertz CT molecular complexity index is 454. The summed E-state index contributed by atoms with van der Waals surface area (Å²) in [4.78, 5) is 5.42. The summed E-state index contributed by atoms with van der Waals surface area (Å²) in [7, 11) is 0. The predicted octanol–water partition coefficient (Wildman–Crippen LogP) is 4.36. The first-order valence-electron chi connectivity index (χ1n) is 5.89. The summed E-state index contributed by atoms with van der Waals surface area (Å²) in [5, 5.41) is 1.86. The molecule has 0 aromatic heterocycles. The van der Waals surface area contributed by atoms with Crippen LogP contribution in [0.25, 0.3) is 4.91 Å². The van der Waals surface area contributed by atoms with Crippen LogP contribution in [0.4, 0.5) is 0 Å². The van der Waals surface area contributed by atoms with Crippen molar-refractivity contribution < 1.29 is 0 Å². The van der Waals surface area contributed by atoms with E-state index < -0.39 is 0 Å². The minimum atomic E-state index is 0.103. The fourth-order valence-corrected chi connectivity index (χ4v) is 2.36. The van der Waals surface area contributed by atoms with Crippen LogP contribution in [0.5, 0.6) is 0 Å². The third kappa shape index (κ3) is 3.77. The molecule has 1 unspecified atom stereocenters. The number of hydrogen-bond acceptors (Lipinski definition) is 2. The van der Waals surface area contributed by atoms with Gasteiger partial charge in [0, 0.05) is 4.91 Å². The maximum absolute atomic E-state index is 5.31. The van der Waals surface area contributed by atoms with Gasteiger partial charge in [0.05, 0.1) is 12.4 Å². The van der Waals surface area contributed by atoms with E-state index in [-0.39, 0.29) is 6.04 Å². The highest BCUT2D eigenvalue weighted by molar-refractivity contribution is 8.10. The Labute approximate surface area is 114 Å². The van der Waals surface area contributed by atoms with Crippen LogP contribution < -0.4 is 5.73 Å². The molecule has 1 atom stereocenters. The van der Waals surface area contributed by atoms with Crippen molar-refractivity contribution in [2.45, 2.75) is 26.8 Å². The van der Waals surface area contributed by atoms with Crippen molar-refractivity contribution in [2.24, 2.45) is 10.7 Å². The molecule has 18 heavy (non-hydrogen) atoms. The Hall–Kier alpha value is -1.48. The highest BCUT2D eigenvalue weighted by atomic mass is 32.2. The quantitative estimate of drug-likeness (QED) is 0.631. The molecule has 96 valence electrons. The zero-order valence-corrected chi connectivity index (χ0v) is 12.0. The van der Waals surface area contributed by atoms with Crippen LogP contribution in [-0.4, -0.2) is 6.34 Å². The van der Waals surface area contributed by atoms with Crippen molar-refractivity contribution in [1.29, 1.82) is 0 Å². The largest absolute Gasteiger partial charge is 0.390 e. The fourth-order valence-electron chi connectivity index (χ4n) is 1.69. The first kappa shape index (κ1) is 14.6. The van der Waals surface area contributed by atoms with Crippen LogP contribution in [0, 0.1) is 0 Å². The minimum Gasteiger partial charge on any atom is -0.390 e. The normalized spacial score (nSPS) is 12.4. The van der Waals surface area contributed by atoms with Crippen LogP contribution in [0.1, 0.15) is 37.9 Å². The molecule has 0 fully saturated rings. The Morgan fingerprint density at radius 1 is 1.33 bits per heavy atom. The summed E-state index contributed by atoms with van der Waals surface area (Å²) >= 11 is 1.66. The van der Waals surface area contributed by atoms with Gasteiger partial charge < -0.3 is 5.73 Å². The second kappa shape index (κ2) is 7.07. The molecule has 3 heteroatoms. The van der Waals surface area contributed by atoms with Gasteiger partial charge in [-0.05, 0) is 37.3 Å². The van der Waals surface area contributed by atoms with E-state index in [0.717, 1.165) is 5.56 Å². The molecule has 1 rings (SSSR count). The summed E-state index contributed by atoms with van der Waals surface area (Å²) in [6, 6.07) is 8.54. The number of hydrogen-bond donors (Lipinski definition) is 1. The highest BCUT2D eigenvalue weighted by Gasteiger charge is 2.06. The Balaban J connectivity index is 3.01. The van der Waals surface area contributed by atoms with E-state index in [1.807, 2.05) is 12.3 Å². The van der Waals surface area contributed by atoms with Crippen molar-refractivity contribution in [2.75, 3.05) is 0 Å². The topological polar surface area (TPSA) is 38.4 Å². The Morgan fingerprint density at radius 2 is 1.94 bits per heavy atom. The monoisotopic (exact) mass is 260 g/mol. The first-order valence-corrected chi connectivity index (χ1v) is 6.76. The summed E-state index contributed by atoms with van der Waals surface area (Å²) in [6.45, 7) is 10.0. The van der Waals surface area contributed by atoms with Gasteiger partial charge in [-0.3, -0.25) is 4.99 Å². The Morgan fingerprint density at radius 3 is 2.39 bits per heavy atom. The van der Waals surface area contributed by atoms with Gasteiger partial charge in [-0.1, -0.05) is 48.2 Å². The Kier molecular flexibility index (Phi) is 5.72. The minimum absolute atomic E-state index is 0.103. The zero-order chi connectivity index (χ0) is 13.5. The molecule has 0 heterocycles. The van der Waals surface area contributed by atoms with Crippen LogP contribution in [-0.2, 0) is 0 Å². The maximum atomic E-state index is 5.31. The average Bonchev–Trinajstić information content (AvgIpc) is 2.36. The van der Waals surface area contributed by atoms with Gasteiger partial charge in [0.2, 0.25) is 0 Å². The molecule has 1 aromatic rings. The number of rotatable bonds is 5. The van der Waals surface area contributed by atoms with Gasteiger partial charge in [-0.15, -0.1) is 0 Å². The number of benzene rings is 1. The maximum Gasteiger partial charge on any atom is 0.0805 e. The number of nitrogens with two attached hydrogens (primary N) is 1. The first-order chi connectivity index (χ1) is 8.60. The second-order valence-electron chi connectivity index (χ2n) is 4.21. The fraction of sp³-hybridized carbons (Fsp3) is 0.267. The summed E-state index contributed by atoms with van der Waals surface area (Å²) < 4.78 is 0. The lowest BCUT2D eigenvalue weighted by Crippen LogP contribution is -1.95. The van der Waals surface area contributed by atoms with Crippen LogP contribution >= 0.6 is 11.8 Å². The number of thioether (sulfide) groups is 1. The van der Waals surface area contributed by atoms with Crippen LogP contribution in [0.15, 0.2) is 46.8 Å². The summed E-state index contributed by atoms with van der Waals surface area (Å²) in [5.74, 6) is 0. The summed E-state index contributed by atoms with van der Waals surface area (Å²) in [5.41, 5.74) is 8.98. The lowest BCUT2D eigenvalue weighted by atomic mass is 10.1. The van der Waals surface area contributed by atoms with Crippen LogP contribution in [0.2, 0.25) is 0 Å². The van der Waals surface area contributed by atoms with Gasteiger partial charge in [-0.2, -0.15) is 0 Å². The predicted molar refractivity (Wildman–Crippen MR) is 83.6 cm³/mol. The SMILES string of the molecule is C=CSC(=C(C)C)c1ccc(C(C)N=CN)cc1. The van der Waals surface area contributed by atoms with Crippen LogP contribution in [0.3, 0.4) is 0 Å².